The van der Waals surface area contributed by atoms with Gasteiger partial charge in [0.05, 0.1) is 0 Å². The minimum absolute atomic E-state index is 0.554. The second-order valence-electron chi connectivity index (χ2n) is 1.70. The molecule has 12 heavy (non-hydrogen) atoms. The molecule has 0 aliphatic carbocycles. The van der Waals surface area contributed by atoms with E-state index in [1.165, 1.54) is 0 Å². The Morgan fingerprint density at radius 3 is 2.50 bits per heavy atom. The highest BCUT2D eigenvalue weighted by molar-refractivity contribution is 5.90. The van der Waals surface area contributed by atoms with Gasteiger partial charge in [0, 0.05) is 12.2 Å². The van der Waals surface area contributed by atoms with Gasteiger partial charge >= 0.3 is 11.9 Å². The van der Waals surface area contributed by atoms with Crippen molar-refractivity contribution in [1.82, 2.24) is 0 Å². The van der Waals surface area contributed by atoms with Crippen molar-refractivity contribution in [2.45, 2.75) is 6.36 Å². The smallest absolute Gasteiger partial charge is 0.333 e. The van der Waals surface area contributed by atoms with Crippen molar-refractivity contribution in [2.75, 3.05) is 0 Å². The first-order valence-corrected chi connectivity index (χ1v) is 2.94. The normalized spacial score (nSPS) is 12.4. The van der Waals surface area contributed by atoms with Gasteiger partial charge in [-0.2, -0.15) is 4.39 Å². The molecule has 66 valence electrons. The molecule has 0 fully saturated rings. The zero-order chi connectivity index (χ0) is 9.56. The molecule has 1 atom stereocenters. The summed E-state index contributed by atoms with van der Waals surface area (Å²) in [7, 11) is 0. The summed E-state index contributed by atoms with van der Waals surface area (Å²) in [5, 5.41) is 8.05. The SMILES string of the molecule is C=CC(F)OC(=O)/C=C/C(=O)O. The molecule has 0 bridgehead atoms. The van der Waals surface area contributed by atoms with Crippen LogP contribution in [0.1, 0.15) is 0 Å². The molecule has 0 aromatic rings. The number of carboxylic acids is 1. The minimum atomic E-state index is -1.91. The van der Waals surface area contributed by atoms with Crippen LogP contribution in [0.4, 0.5) is 4.39 Å². The van der Waals surface area contributed by atoms with E-state index in [1.54, 1.807) is 0 Å². The summed E-state index contributed by atoms with van der Waals surface area (Å²) in [5.41, 5.74) is 0. The highest BCUT2D eigenvalue weighted by atomic mass is 19.1. The third-order valence-electron chi connectivity index (χ3n) is 0.776. The molecular formula is C7H7FO4. The molecular weight excluding hydrogens is 167 g/mol. The summed E-state index contributed by atoms with van der Waals surface area (Å²) in [6.07, 6.45) is 0.0271. The van der Waals surface area contributed by atoms with Gasteiger partial charge in [0.2, 0.25) is 0 Å². The molecule has 0 spiro atoms. The van der Waals surface area contributed by atoms with Crippen molar-refractivity contribution in [2.24, 2.45) is 0 Å². The van der Waals surface area contributed by atoms with Gasteiger partial charge in [-0.05, 0) is 6.08 Å². The fraction of sp³-hybridized carbons (Fsp3) is 0.143. The van der Waals surface area contributed by atoms with Gasteiger partial charge in [-0.15, -0.1) is 0 Å². The molecule has 0 saturated heterocycles. The van der Waals surface area contributed by atoms with Crippen LogP contribution >= 0.6 is 0 Å². The van der Waals surface area contributed by atoms with Crippen LogP contribution in [0.2, 0.25) is 0 Å². The Morgan fingerprint density at radius 1 is 1.50 bits per heavy atom. The Balaban J connectivity index is 3.89. The lowest BCUT2D eigenvalue weighted by Crippen LogP contribution is -2.08. The van der Waals surface area contributed by atoms with Crippen LogP contribution in [0.5, 0.6) is 0 Å². The van der Waals surface area contributed by atoms with E-state index in [-0.39, 0.29) is 0 Å². The molecule has 5 heteroatoms. The number of carbonyl (C=O) groups excluding carboxylic acids is 1. The predicted octanol–water partition coefficient (Wildman–Crippen LogP) is 0.652. The lowest BCUT2D eigenvalue weighted by atomic mass is 10.5. The number of esters is 1. The molecule has 0 aromatic heterocycles. The first-order chi connectivity index (χ1) is 5.56. The third kappa shape index (κ3) is 5.16. The minimum Gasteiger partial charge on any atom is -0.478 e. The van der Waals surface area contributed by atoms with Gasteiger partial charge in [-0.1, -0.05) is 6.58 Å². The lowest BCUT2D eigenvalue weighted by Gasteiger charge is -2.00. The van der Waals surface area contributed by atoms with Crippen LogP contribution in [0, 0.1) is 0 Å². The summed E-state index contributed by atoms with van der Waals surface area (Å²) < 4.78 is 16.1. The molecule has 1 N–H and O–H groups in total. The molecule has 0 radical (unpaired) electrons. The van der Waals surface area contributed by atoms with Gasteiger partial charge in [0.1, 0.15) is 0 Å². The maximum atomic E-state index is 12.2. The number of carbonyl (C=O) groups is 2. The van der Waals surface area contributed by atoms with Crippen molar-refractivity contribution in [3.8, 4) is 0 Å². The van der Waals surface area contributed by atoms with E-state index < -0.39 is 18.3 Å². The Bertz CT molecular complexity index is 221. The number of carboxylic acid groups (broad SMARTS) is 1. The molecule has 0 heterocycles. The van der Waals surface area contributed by atoms with Crippen LogP contribution in [0.25, 0.3) is 0 Å². The van der Waals surface area contributed by atoms with E-state index in [1.807, 2.05) is 0 Å². The third-order valence-corrected chi connectivity index (χ3v) is 0.776. The molecule has 0 saturated carbocycles. The molecule has 0 aliphatic rings. The summed E-state index contributed by atoms with van der Waals surface area (Å²) in [5.74, 6) is -2.37. The maximum Gasteiger partial charge on any atom is 0.333 e. The summed E-state index contributed by atoms with van der Waals surface area (Å²) in [4.78, 5) is 20.3. The fourth-order valence-electron chi connectivity index (χ4n) is 0.338. The standard InChI is InChI=1S/C7H7FO4/c1-2-5(8)12-7(11)4-3-6(9)10/h2-5H,1H2,(H,9,10)/b4-3+. The van der Waals surface area contributed by atoms with E-state index >= 15 is 0 Å². The second-order valence-corrected chi connectivity index (χ2v) is 1.70. The molecule has 1 unspecified atom stereocenters. The molecule has 0 rings (SSSR count). The van der Waals surface area contributed by atoms with E-state index in [4.69, 9.17) is 5.11 Å². The maximum absolute atomic E-state index is 12.2. The molecule has 0 amide bonds. The number of aliphatic carboxylic acids is 1. The highest BCUT2D eigenvalue weighted by Gasteiger charge is 2.04. The van der Waals surface area contributed by atoms with Crippen molar-refractivity contribution < 1.29 is 23.8 Å². The fourth-order valence-corrected chi connectivity index (χ4v) is 0.338. The average Bonchev–Trinajstić information content (AvgIpc) is 2.00. The Morgan fingerprint density at radius 2 is 2.08 bits per heavy atom. The Hall–Kier alpha value is -1.65. The first-order valence-electron chi connectivity index (χ1n) is 2.94. The molecule has 4 nitrogen and oxygen atoms in total. The van der Waals surface area contributed by atoms with Crippen LogP contribution in [-0.4, -0.2) is 23.4 Å². The summed E-state index contributed by atoms with van der Waals surface area (Å²) >= 11 is 0. The van der Waals surface area contributed by atoms with Crippen molar-refractivity contribution in [3.63, 3.8) is 0 Å². The van der Waals surface area contributed by atoms with E-state index in [9.17, 15) is 14.0 Å². The zero-order valence-electron chi connectivity index (χ0n) is 6.07. The van der Waals surface area contributed by atoms with Gasteiger partial charge < -0.3 is 9.84 Å². The van der Waals surface area contributed by atoms with Crippen LogP contribution in [0.15, 0.2) is 24.8 Å². The quantitative estimate of drug-likeness (QED) is 0.386. The van der Waals surface area contributed by atoms with E-state index in [2.05, 4.69) is 11.3 Å². The molecule has 0 aliphatic heterocycles. The monoisotopic (exact) mass is 174 g/mol. The summed E-state index contributed by atoms with van der Waals surface area (Å²) in [6, 6.07) is 0. The van der Waals surface area contributed by atoms with Crippen molar-refractivity contribution in [3.05, 3.63) is 24.8 Å². The van der Waals surface area contributed by atoms with E-state index in [0.29, 0.717) is 12.2 Å². The average molecular weight is 174 g/mol. The topological polar surface area (TPSA) is 63.6 Å². The zero-order valence-corrected chi connectivity index (χ0v) is 6.07. The number of hydrogen-bond acceptors (Lipinski definition) is 3. The second kappa shape index (κ2) is 5.06. The van der Waals surface area contributed by atoms with Crippen LogP contribution < -0.4 is 0 Å². The number of ether oxygens (including phenoxy) is 1. The highest BCUT2D eigenvalue weighted by Crippen LogP contribution is 1.95. The van der Waals surface area contributed by atoms with Crippen molar-refractivity contribution in [1.29, 1.82) is 0 Å². The van der Waals surface area contributed by atoms with Crippen LogP contribution in [0.3, 0.4) is 0 Å². The number of halogens is 1. The van der Waals surface area contributed by atoms with E-state index in [0.717, 1.165) is 6.08 Å². The largest absolute Gasteiger partial charge is 0.478 e. The van der Waals surface area contributed by atoms with Gasteiger partial charge in [0.15, 0.2) is 0 Å². The number of alkyl halides is 1. The lowest BCUT2D eigenvalue weighted by molar-refractivity contribution is -0.147. The van der Waals surface area contributed by atoms with Gasteiger partial charge in [-0.25, -0.2) is 9.59 Å². The Kier molecular flexibility index (Phi) is 4.36. The first kappa shape index (κ1) is 10.3. The van der Waals surface area contributed by atoms with Gasteiger partial charge in [-0.3, -0.25) is 0 Å². The Labute approximate surface area is 67.9 Å². The van der Waals surface area contributed by atoms with Gasteiger partial charge in [0.25, 0.3) is 6.36 Å². The number of hydrogen-bond donors (Lipinski definition) is 1. The van der Waals surface area contributed by atoms with Crippen molar-refractivity contribution >= 4 is 11.9 Å². The summed E-state index contributed by atoms with van der Waals surface area (Å²) in [6.45, 7) is 3.02. The molecule has 0 aromatic carbocycles. The number of rotatable bonds is 4. The van der Waals surface area contributed by atoms with Crippen LogP contribution in [-0.2, 0) is 14.3 Å². The predicted molar refractivity (Wildman–Crippen MR) is 38.0 cm³/mol.